The summed E-state index contributed by atoms with van der Waals surface area (Å²) in [6.07, 6.45) is 0. The van der Waals surface area contributed by atoms with E-state index in [-0.39, 0.29) is 0 Å². The third-order valence-corrected chi connectivity index (χ3v) is 2.03. The van der Waals surface area contributed by atoms with Crippen molar-refractivity contribution in [3.63, 3.8) is 0 Å². The summed E-state index contributed by atoms with van der Waals surface area (Å²) in [6, 6.07) is 3.66. The summed E-state index contributed by atoms with van der Waals surface area (Å²) in [5, 5.41) is 0.502. The van der Waals surface area contributed by atoms with Gasteiger partial charge in [0.25, 0.3) is 0 Å². The molecule has 1 aromatic heterocycles. The first-order valence-corrected chi connectivity index (χ1v) is 4.59. The molecule has 0 atom stereocenters. The van der Waals surface area contributed by atoms with Crippen molar-refractivity contribution in [2.45, 2.75) is 5.88 Å². The van der Waals surface area contributed by atoms with Crippen LogP contribution < -0.4 is 0 Å². The molecule has 0 unspecified atom stereocenters. The molecule has 0 amide bonds. The number of nitrogens with zero attached hydrogens (tertiary/aromatic N) is 1. The Morgan fingerprint density at radius 1 is 1.50 bits per heavy atom. The summed E-state index contributed by atoms with van der Waals surface area (Å²) in [7, 11) is 0. The Morgan fingerprint density at radius 3 is 2.70 bits per heavy atom. The van der Waals surface area contributed by atoms with Gasteiger partial charge in [-0.25, -0.2) is 4.98 Å². The molecule has 0 bridgehead atoms. The van der Waals surface area contributed by atoms with Crippen molar-refractivity contribution in [3.05, 3.63) is 26.5 Å². The third-order valence-electron chi connectivity index (χ3n) is 0.977. The molecule has 0 aromatic carbocycles. The number of halogens is 3. The Balaban J connectivity index is 3.06. The van der Waals surface area contributed by atoms with E-state index in [2.05, 4.69) is 27.6 Å². The van der Waals surface area contributed by atoms with Gasteiger partial charge in [-0.05, 0) is 40.3 Å². The minimum absolute atomic E-state index is 0.484. The molecule has 0 fully saturated rings. The Morgan fingerprint density at radius 2 is 2.20 bits per heavy atom. The van der Waals surface area contributed by atoms with Gasteiger partial charge in [0.1, 0.15) is 8.85 Å². The van der Waals surface area contributed by atoms with Crippen LogP contribution in [0, 0.1) is 3.70 Å². The zero-order valence-electron chi connectivity index (χ0n) is 4.94. The fourth-order valence-electron chi connectivity index (χ4n) is 0.591. The van der Waals surface area contributed by atoms with E-state index in [1.54, 1.807) is 6.07 Å². The maximum atomic E-state index is 5.65. The lowest BCUT2D eigenvalue weighted by Gasteiger charge is -1.95. The minimum Gasteiger partial charge on any atom is -0.230 e. The molecule has 4 heteroatoms. The van der Waals surface area contributed by atoms with Gasteiger partial charge in [0.15, 0.2) is 0 Å². The SMILES string of the molecule is ClCc1cc(Cl)nc(I)c1. The first-order valence-electron chi connectivity index (χ1n) is 2.60. The van der Waals surface area contributed by atoms with Gasteiger partial charge in [-0.2, -0.15) is 0 Å². The van der Waals surface area contributed by atoms with E-state index in [1.165, 1.54) is 0 Å². The lowest BCUT2D eigenvalue weighted by Crippen LogP contribution is -1.84. The Kier molecular flexibility index (Phi) is 3.20. The summed E-state index contributed by atoms with van der Waals surface area (Å²) in [6.45, 7) is 0. The second kappa shape index (κ2) is 3.74. The molecule has 0 saturated carbocycles. The van der Waals surface area contributed by atoms with Crippen molar-refractivity contribution in [1.29, 1.82) is 0 Å². The van der Waals surface area contributed by atoms with Crippen molar-refractivity contribution in [1.82, 2.24) is 4.98 Å². The number of hydrogen-bond acceptors (Lipinski definition) is 1. The van der Waals surface area contributed by atoms with Crippen molar-refractivity contribution < 1.29 is 0 Å². The second-order valence-corrected chi connectivity index (χ2v) is 3.51. The fourth-order valence-corrected chi connectivity index (χ4v) is 1.78. The quantitative estimate of drug-likeness (QED) is 0.439. The summed E-state index contributed by atoms with van der Waals surface area (Å²) in [5.74, 6) is 0.484. The highest BCUT2D eigenvalue weighted by Crippen LogP contribution is 2.13. The lowest BCUT2D eigenvalue weighted by molar-refractivity contribution is 1.22. The van der Waals surface area contributed by atoms with Gasteiger partial charge in [0.05, 0.1) is 0 Å². The highest BCUT2D eigenvalue weighted by molar-refractivity contribution is 14.1. The number of alkyl halides is 1. The van der Waals surface area contributed by atoms with E-state index in [4.69, 9.17) is 23.2 Å². The molecule has 0 aliphatic heterocycles. The first kappa shape index (κ1) is 8.56. The van der Waals surface area contributed by atoms with Gasteiger partial charge >= 0.3 is 0 Å². The molecule has 1 rings (SSSR count). The van der Waals surface area contributed by atoms with Crippen LogP contribution in [0.15, 0.2) is 12.1 Å². The maximum absolute atomic E-state index is 5.65. The minimum atomic E-state index is 0.484. The molecule has 0 saturated heterocycles. The normalized spacial score (nSPS) is 9.90. The highest BCUT2D eigenvalue weighted by atomic mass is 127. The van der Waals surface area contributed by atoms with Gasteiger partial charge in [-0.1, -0.05) is 11.6 Å². The number of aromatic nitrogens is 1. The van der Waals surface area contributed by atoms with Crippen molar-refractivity contribution >= 4 is 45.8 Å². The van der Waals surface area contributed by atoms with Crippen LogP contribution in [0.5, 0.6) is 0 Å². The molecule has 0 radical (unpaired) electrons. The molecular formula is C6H4Cl2IN. The molecule has 10 heavy (non-hydrogen) atoms. The standard InChI is InChI=1S/C6H4Cl2IN/c7-3-4-1-5(8)10-6(9)2-4/h1-2H,3H2. The molecule has 1 aromatic rings. The van der Waals surface area contributed by atoms with Crippen molar-refractivity contribution in [2.24, 2.45) is 0 Å². The third kappa shape index (κ3) is 2.25. The predicted molar refractivity (Wildman–Crippen MR) is 51.5 cm³/mol. The molecule has 1 heterocycles. The van der Waals surface area contributed by atoms with Gasteiger partial charge in [-0.15, -0.1) is 11.6 Å². The summed E-state index contributed by atoms with van der Waals surface area (Å²) < 4.78 is 0.876. The largest absolute Gasteiger partial charge is 0.230 e. The monoisotopic (exact) mass is 287 g/mol. The summed E-state index contributed by atoms with van der Waals surface area (Å²) in [4.78, 5) is 3.98. The zero-order chi connectivity index (χ0) is 7.56. The Hall–Kier alpha value is 0.460. The topological polar surface area (TPSA) is 12.9 Å². The Labute approximate surface area is 82.9 Å². The van der Waals surface area contributed by atoms with Crippen molar-refractivity contribution in [2.75, 3.05) is 0 Å². The van der Waals surface area contributed by atoms with Gasteiger partial charge in [0, 0.05) is 5.88 Å². The molecule has 0 aliphatic rings. The maximum Gasteiger partial charge on any atom is 0.130 e. The zero-order valence-corrected chi connectivity index (χ0v) is 8.61. The molecule has 0 spiro atoms. The predicted octanol–water partition coefficient (Wildman–Crippen LogP) is 3.08. The average molecular weight is 288 g/mol. The Bertz CT molecular complexity index is 219. The molecule has 0 N–H and O–H groups in total. The van der Waals surface area contributed by atoms with Crippen molar-refractivity contribution in [3.8, 4) is 0 Å². The van der Waals surface area contributed by atoms with Crippen LogP contribution in [0.25, 0.3) is 0 Å². The van der Waals surface area contributed by atoms with E-state index in [1.807, 2.05) is 6.07 Å². The first-order chi connectivity index (χ1) is 4.72. The summed E-state index contributed by atoms with van der Waals surface area (Å²) >= 11 is 13.3. The van der Waals surface area contributed by atoms with E-state index < -0.39 is 0 Å². The van der Waals surface area contributed by atoms with Crippen LogP contribution in [0.3, 0.4) is 0 Å². The molecule has 1 nitrogen and oxygen atoms in total. The average Bonchev–Trinajstić information content (AvgIpc) is 1.85. The number of rotatable bonds is 1. The highest BCUT2D eigenvalue weighted by Gasteiger charge is 1.96. The van der Waals surface area contributed by atoms with Crippen LogP contribution >= 0.6 is 45.8 Å². The fraction of sp³-hybridized carbons (Fsp3) is 0.167. The van der Waals surface area contributed by atoms with E-state index in [9.17, 15) is 0 Å². The van der Waals surface area contributed by atoms with E-state index in [0.717, 1.165) is 9.26 Å². The summed E-state index contributed by atoms with van der Waals surface area (Å²) in [5.41, 5.74) is 1.01. The van der Waals surface area contributed by atoms with E-state index in [0.29, 0.717) is 11.0 Å². The van der Waals surface area contributed by atoms with Crippen LogP contribution in [-0.4, -0.2) is 4.98 Å². The lowest BCUT2D eigenvalue weighted by atomic mass is 10.3. The van der Waals surface area contributed by atoms with Crippen LogP contribution in [-0.2, 0) is 5.88 Å². The van der Waals surface area contributed by atoms with Crippen LogP contribution in [0.4, 0.5) is 0 Å². The molecule has 0 aliphatic carbocycles. The van der Waals surface area contributed by atoms with Crippen LogP contribution in [0.2, 0.25) is 5.15 Å². The number of pyridine rings is 1. The van der Waals surface area contributed by atoms with Gasteiger partial charge in [0.2, 0.25) is 0 Å². The van der Waals surface area contributed by atoms with Gasteiger partial charge < -0.3 is 0 Å². The van der Waals surface area contributed by atoms with E-state index >= 15 is 0 Å². The molecule has 54 valence electrons. The van der Waals surface area contributed by atoms with Crippen LogP contribution in [0.1, 0.15) is 5.56 Å². The number of hydrogen-bond donors (Lipinski definition) is 0. The smallest absolute Gasteiger partial charge is 0.130 e. The molecular weight excluding hydrogens is 284 g/mol. The second-order valence-electron chi connectivity index (χ2n) is 1.75. The van der Waals surface area contributed by atoms with Gasteiger partial charge in [-0.3, -0.25) is 0 Å².